The summed E-state index contributed by atoms with van der Waals surface area (Å²) in [7, 11) is 3.93. The average molecular weight is 416 g/mol. The summed E-state index contributed by atoms with van der Waals surface area (Å²) in [6.07, 6.45) is 6.77. The SMILES string of the molecule is CN(CCCN(C)c1ccc(/C=C/c2ccccn2)cc1)C(=O)C(CS)CS. The first-order valence-corrected chi connectivity index (χ1v) is 10.7. The predicted octanol–water partition coefficient (Wildman–Crippen LogP) is 4.01. The van der Waals surface area contributed by atoms with E-state index in [0.717, 1.165) is 36.5 Å². The molecule has 6 heteroatoms. The number of pyridine rings is 1. The molecule has 0 saturated heterocycles. The van der Waals surface area contributed by atoms with Crippen LogP contribution in [0.3, 0.4) is 0 Å². The molecule has 0 saturated carbocycles. The molecule has 1 aromatic heterocycles. The normalized spacial score (nSPS) is 11.2. The lowest BCUT2D eigenvalue weighted by molar-refractivity contribution is -0.132. The number of rotatable bonds is 10. The zero-order valence-electron chi connectivity index (χ0n) is 16.5. The van der Waals surface area contributed by atoms with Gasteiger partial charge in [0, 0.05) is 50.6 Å². The summed E-state index contributed by atoms with van der Waals surface area (Å²) >= 11 is 8.46. The monoisotopic (exact) mass is 415 g/mol. The van der Waals surface area contributed by atoms with Crippen LogP contribution in [0.15, 0.2) is 48.7 Å². The Morgan fingerprint density at radius 3 is 2.36 bits per heavy atom. The van der Waals surface area contributed by atoms with Crippen molar-refractivity contribution in [1.82, 2.24) is 9.88 Å². The molecule has 2 aromatic rings. The van der Waals surface area contributed by atoms with Crippen molar-refractivity contribution in [2.45, 2.75) is 6.42 Å². The number of thiol groups is 2. The molecule has 0 aliphatic rings. The van der Waals surface area contributed by atoms with Crippen molar-refractivity contribution < 1.29 is 4.79 Å². The molecule has 1 aromatic carbocycles. The average Bonchev–Trinajstić information content (AvgIpc) is 2.74. The minimum absolute atomic E-state index is 0.110. The van der Waals surface area contributed by atoms with Gasteiger partial charge in [-0.25, -0.2) is 0 Å². The van der Waals surface area contributed by atoms with Crippen LogP contribution in [0.1, 0.15) is 17.7 Å². The first-order chi connectivity index (χ1) is 13.5. The van der Waals surface area contributed by atoms with Crippen LogP contribution in [0.4, 0.5) is 5.69 Å². The van der Waals surface area contributed by atoms with Gasteiger partial charge >= 0.3 is 0 Å². The van der Waals surface area contributed by atoms with Crippen molar-refractivity contribution in [2.75, 3.05) is 43.6 Å². The van der Waals surface area contributed by atoms with E-state index in [1.54, 1.807) is 11.1 Å². The fraction of sp³-hybridized carbons (Fsp3) is 0.364. The number of carbonyl (C=O) groups excluding carboxylic acids is 1. The highest BCUT2D eigenvalue weighted by atomic mass is 32.1. The second-order valence-electron chi connectivity index (χ2n) is 6.78. The van der Waals surface area contributed by atoms with Crippen molar-refractivity contribution in [3.63, 3.8) is 0 Å². The number of benzene rings is 1. The molecule has 1 amide bonds. The fourth-order valence-electron chi connectivity index (χ4n) is 2.81. The molecule has 2 rings (SSSR count). The van der Waals surface area contributed by atoms with Crippen LogP contribution in [0.5, 0.6) is 0 Å². The van der Waals surface area contributed by atoms with Crippen LogP contribution in [-0.4, -0.2) is 54.5 Å². The van der Waals surface area contributed by atoms with Gasteiger partial charge in [-0.05, 0) is 42.3 Å². The molecule has 0 unspecified atom stereocenters. The third-order valence-corrected chi connectivity index (χ3v) is 5.50. The van der Waals surface area contributed by atoms with Crippen molar-refractivity contribution in [2.24, 2.45) is 5.92 Å². The van der Waals surface area contributed by atoms with Gasteiger partial charge in [-0.2, -0.15) is 25.3 Å². The maximum Gasteiger partial charge on any atom is 0.227 e. The van der Waals surface area contributed by atoms with Crippen LogP contribution in [0, 0.1) is 5.92 Å². The van der Waals surface area contributed by atoms with Gasteiger partial charge in [-0.1, -0.05) is 24.3 Å². The highest BCUT2D eigenvalue weighted by Crippen LogP contribution is 2.16. The van der Waals surface area contributed by atoms with Crippen LogP contribution in [-0.2, 0) is 4.79 Å². The van der Waals surface area contributed by atoms with E-state index < -0.39 is 0 Å². The number of hydrogen-bond acceptors (Lipinski definition) is 5. The maximum atomic E-state index is 12.3. The van der Waals surface area contributed by atoms with Crippen LogP contribution < -0.4 is 4.90 Å². The number of hydrogen-bond donors (Lipinski definition) is 2. The Kier molecular flexibility index (Phi) is 9.44. The Morgan fingerprint density at radius 2 is 1.75 bits per heavy atom. The van der Waals surface area contributed by atoms with E-state index in [2.05, 4.69) is 72.5 Å². The van der Waals surface area contributed by atoms with E-state index in [0.29, 0.717) is 11.5 Å². The Labute approximate surface area is 179 Å². The molecule has 4 nitrogen and oxygen atoms in total. The first-order valence-electron chi connectivity index (χ1n) is 9.42. The third kappa shape index (κ3) is 6.91. The molecule has 1 heterocycles. The van der Waals surface area contributed by atoms with Gasteiger partial charge in [-0.3, -0.25) is 9.78 Å². The second kappa shape index (κ2) is 11.8. The summed E-state index contributed by atoms with van der Waals surface area (Å²) in [5, 5.41) is 0. The lowest BCUT2D eigenvalue weighted by Crippen LogP contribution is -2.36. The van der Waals surface area contributed by atoms with Gasteiger partial charge in [0.15, 0.2) is 0 Å². The van der Waals surface area contributed by atoms with Gasteiger partial charge in [0.2, 0.25) is 5.91 Å². The van der Waals surface area contributed by atoms with Crippen LogP contribution >= 0.6 is 25.3 Å². The van der Waals surface area contributed by atoms with E-state index in [1.165, 1.54) is 0 Å². The lowest BCUT2D eigenvalue weighted by Gasteiger charge is -2.24. The van der Waals surface area contributed by atoms with Gasteiger partial charge in [0.05, 0.1) is 11.6 Å². The predicted molar refractivity (Wildman–Crippen MR) is 126 cm³/mol. The van der Waals surface area contributed by atoms with E-state index >= 15 is 0 Å². The highest BCUT2D eigenvalue weighted by Gasteiger charge is 2.18. The van der Waals surface area contributed by atoms with Crippen molar-refractivity contribution in [1.29, 1.82) is 0 Å². The number of carbonyl (C=O) groups is 1. The molecule has 0 radical (unpaired) electrons. The lowest BCUT2D eigenvalue weighted by atomic mass is 10.1. The third-order valence-electron chi connectivity index (χ3n) is 4.62. The number of nitrogens with zero attached hydrogens (tertiary/aromatic N) is 3. The largest absolute Gasteiger partial charge is 0.375 e. The molecule has 28 heavy (non-hydrogen) atoms. The van der Waals surface area contributed by atoms with Crippen LogP contribution in [0.2, 0.25) is 0 Å². The zero-order valence-corrected chi connectivity index (χ0v) is 18.3. The molecule has 0 atom stereocenters. The summed E-state index contributed by atoms with van der Waals surface area (Å²) < 4.78 is 0. The van der Waals surface area contributed by atoms with Gasteiger partial charge in [0.1, 0.15) is 0 Å². The number of amides is 1. The molecule has 0 fully saturated rings. The summed E-state index contributed by atoms with van der Waals surface area (Å²) in [6, 6.07) is 14.3. The molecule has 0 aliphatic heterocycles. The zero-order chi connectivity index (χ0) is 20.4. The van der Waals surface area contributed by atoms with E-state index in [1.807, 2.05) is 31.3 Å². The van der Waals surface area contributed by atoms with Crippen molar-refractivity contribution in [3.05, 3.63) is 59.9 Å². The summed E-state index contributed by atoms with van der Waals surface area (Å²) in [4.78, 5) is 20.5. The van der Waals surface area contributed by atoms with Crippen molar-refractivity contribution in [3.8, 4) is 0 Å². The standard InChI is InChI=1S/C22H29N3OS2/c1-24(14-5-15-25(2)22(26)19(16-27)17-28)21-11-8-18(9-12-21)7-10-20-6-3-4-13-23-20/h3-4,6-13,19,27-28H,5,14-17H2,1-2H3/b10-7+. The van der Waals surface area contributed by atoms with Gasteiger partial charge in [0.25, 0.3) is 0 Å². The van der Waals surface area contributed by atoms with Crippen molar-refractivity contribution >= 4 is 49.0 Å². The molecule has 0 N–H and O–H groups in total. The first kappa shape index (κ1) is 22.4. The molecular formula is C22H29N3OS2. The molecule has 0 bridgehead atoms. The smallest absolute Gasteiger partial charge is 0.227 e. The molecule has 0 spiro atoms. The minimum Gasteiger partial charge on any atom is -0.375 e. The fourth-order valence-corrected chi connectivity index (χ4v) is 3.58. The summed E-state index contributed by atoms with van der Waals surface area (Å²) in [5.41, 5.74) is 3.24. The van der Waals surface area contributed by atoms with Gasteiger partial charge < -0.3 is 9.80 Å². The van der Waals surface area contributed by atoms with E-state index in [9.17, 15) is 4.79 Å². The van der Waals surface area contributed by atoms with Crippen LogP contribution in [0.25, 0.3) is 12.2 Å². The second-order valence-corrected chi connectivity index (χ2v) is 7.51. The Balaban J connectivity index is 1.82. The maximum absolute atomic E-state index is 12.3. The molecule has 0 aliphatic carbocycles. The summed E-state index contributed by atoms with van der Waals surface area (Å²) in [6.45, 7) is 1.61. The number of anilines is 1. The van der Waals surface area contributed by atoms with E-state index in [-0.39, 0.29) is 11.8 Å². The Hall–Kier alpha value is -1.92. The topological polar surface area (TPSA) is 36.4 Å². The molecule has 150 valence electrons. The minimum atomic E-state index is -0.110. The summed E-state index contributed by atoms with van der Waals surface area (Å²) in [5.74, 6) is 1.08. The highest BCUT2D eigenvalue weighted by molar-refractivity contribution is 7.81. The van der Waals surface area contributed by atoms with Gasteiger partial charge in [-0.15, -0.1) is 0 Å². The Morgan fingerprint density at radius 1 is 1.04 bits per heavy atom. The quantitative estimate of drug-likeness (QED) is 0.576. The molecular weight excluding hydrogens is 386 g/mol. The van der Waals surface area contributed by atoms with E-state index in [4.69, 9.17) is 0 Å². The number of aromatic nitrogens is 1. The Bertz CT molecular complexity index is 746.